The summed E-state index contributed by atoms with van der Waals surface area (Å²) >= 11 is 0. The number of benzene rings is 1. The molecule has 0 N–H and O–H groups in total. The van der Waals surface area contributed by atoms with Gasteiger partial charge in [-0.1, -0.05) is 19.9 Å². The van der Waals surface area contributed by atoms with Crippen LogP contribution in [0.4, 0.5) is 8.78 Å². The fraction of sp³-hybridized carbons (Fsp3) is 0.500. The molecular weight excluding hydrogens is 214 g/mol. The Hall–Kier alpha value is -1.32. The van der Waals surface area contributed by atoms with Crippen molar-refractivity contribution in [1.29, 1.82) is 0 Å². The monoisotopic (exact) mass is 228 g/mol. The Morgan fingerprint density at radius 1 is 1.12 bits per heavy atom. The van der Waals surface area contributed by atoms with Crippen molar-refractivity contribution in [3.63, 3.8) is 0 Å². The van der Waals surface area contributed by atoms with Crippen LogP contribution in [0.2, 0.25) is 0 Å². The Morgan fingerprint density at radius 3 is 2.38 bits per heavy atom. The minimum atomic E-state index is -3.52. The summed E-state index contributed by atoms with van der Waals surface area (Å²) in [5, 5.41) is 0. The summed E-state index contributed by atoms with van der Waals surface area (Å²) in [4.78, 5) is 0. The van der Waals surface area contributed by atoms with E-state index < -0.39 is 6.29 Å². The number of alkyl halides is 2. The molecule has 0 radical (unpaired) electrons. The zero-order valence-corrected chi connectivity index (χ0v) is 9.30. The Morgan fingerprint density at radius 2 is 1.75 bits per heavy atom. The fourth-order valence-electron chi connectivity index (χ4n) is 1.98. The fourth-order valence-corrected chi connectivity index (χ4v) is 1.98. The number of hydrogen-bond acceptors (Lipinski definition) is 2. The molecule has 0 amide bonds. The highest BCUT2D eigenvalue weighted by molar-refractivity contribution is 5.46. The Bertz CT molecular complexity index is 387. The minimum absolute atomic E-state index is 0.111. The standard InChI is InChI=1S/C12H14F2O2/c1-3-8(4-2)9-5-6-10-11(7-9)16-12(13,14)15-10/h5-8H,3-4H2,1-2H3. The second kappa shape index (κ2) is 3.92. The van der Waals surface area contributed by atoms with Crippen molar-refractivity contribution < 1.29 is 18.3 Å². The normalized spacial score (nSPS) is 16.8. The second-order valence-electron chi connectivity index (χ2n) is 3.89. The molecule has 0 saturated carbocycles. The lowest BCUT2D eigenvalue weighted by Crippen LogP contribution is -2.25. The molecule has 1 aromatic rings. The maximum absolute atomic E-state index is 12.8. The highest BCUT2D eigenvalue weighted by Crippen LogP contribution is 2.42. The molecule has 88 valence electrons. The number of hydrogen-bond donors (Lipinski definition) is 0. The van der Waals surface area contributed by atoms with Crippen LogP contribution >= 0.6 is 0 Å². The number of rotatable bonds is 3. The quantitative estimate of drug-likeness (QED) is 0.780. The Labute approximate surface area is 93.2 Å². The van der Waals surface area contributed by atoms with Gasteiger partial charge in [-0.05, 0) is 36.5 Å². The predicted octanol–water partition coefficient (Wildman–Crippen LogP) is 3.91. The van der Waals surface area contributed by atoms with Crippen LogP contribution in [-0.2, 0) is 0 Å². The van der Waals surface area contributed by atoms with Gasteiger partial charge >= 0.3 is 6.29 Å². The van der Waals surface area contributed by atoms with Crippen LogP contribution in [0.3, 0.4) is 0 Å². The van der Waals surface area contributed by atoms with E-state index in [-0.39, 0.29) is 11.5 Å². The summed E-state index contributed by atoms with van der Waals surface area (Å²) < 4.78 is 34.3. The van der Waals surface area contributed by atoms with Crippen molar-refractivity contribution in [2.45, 2.75) is 38.9 Å². The van der Waals surface area contributed by atoms with Gasteiger partial charge in [0, 0.05) is 0 Å². The lowest BCUT2D eigenvalue weighted by molar-refractivity contribution is -0.286. The SMILES string of the molecule is CCC(CC)c1ccc2c(c1)OC(F)(F)O2. The van der Waals surface area contributed by atoms with Crippen LogP contribution in [-0.4, -0.2) is 6.29 Å². The van der Waals surface area contributed by atoms with Gasteiger partial charge < -0.3 is 9.47 Å². The van der Waals surface area contributed by atoms with Crippen molar-refractivity contribution in [2.75, 3.05) is 0 Å². The first-order chi connectivity index (χ1) is 7.55. The van der Waals surface area contributed by atoms with Gasteiger partial charge in [-0.25, -0.2) is 0 Å². The van der Waals surface area contributed by atoms with Crippen molar-refractivity contribution in [1.82, 2.24) is 0 Å². The lowest BCUT2D eigenvalue weighted by Gasteiger charge is -2.12. The molecule has 0 spiro atoms. The zero-order chi connectivity index (χ0) is 11.8. The number of ether oxygens (including phenoxy) is 2. The van der Waals surface area contributed by atoms with E-state index in [9.17, 15) is 8.78 Å². The smallest absolute Gasteiger partial charge is 0.395 e. The van der Waals surface area contributed by atoms with Gasteiger partial charge in [0.25, 0.3) is 0 Å². The van der Waals surface area contributed by atoms with Gasteiger partial charge in [0.1, 0.15) is 0 Å². The average Bonchev–Trinajstić information content (AvgIpc) is 2.53. The summed E-state index contributed by atoms with van der Waals surface area (Å²) in [6.07, 6.45) is -1.56. The van der Waals surface area contributed by atoms with Crippen LogP contribution < -0.4 is 9.47 Å². The maximum atomic E-state index is 12.8. The molecule has 2 nitrogen and oxygen atoms in total. The molecule has 4 heteroatoms. The molecule has 1 aliphatic rings. The molecule has 0 aliphatic carbocycles. The third-order valence-corrected chi connectivity index (χ3v) is 2.88. The van der Waals surface area contributed by atoms with Gasteiger partial charge in [-0.15, -0.1) is 8.78 Å². The molecule has 1 aromatic carbocycles. The molecule has 16 heavy (non-hydrogen) atoms. The highest BCUT2D eigenvalue weighted by atomic mass is 19.3. The molecular formula is C12H14F2O2. The van der Waals surface area contributed by atoms with Crippen molar-refractivity contribution in [3.8, 4) is 11.5 Å². The third kappa shape index (κ3) is 1.96. The van der Waals surface area contributed by atoms with E-state index in [0.29, 0.717) is 5.92 Å². The second-order valence-corrected chi connectivity index (χ2v) is 3.89. The van der Waals surface area contributed by atoms with Crippen LogP contribution in [0.1, 0.15) is 38.2 Å². The van der Waals surface area contributed by atoms with Gasteiger partial charge in [-0.2, -0.15) is 0 Å². The number of fused-ring (bicyclic) bond motifs is 1. The first-order valence-electron chi connectivity index (χ1n) is 5.45. The van der Waals surface area contributed by atoms with Crippen LogP contribution in [0, 0.1) is 0 Å². The maximum Gasteiger partial charge on any atom is 0.586 e. The molecule has 1 aliphatic heterocycles. The summed E-state index contributed by atoms with van der Waals surface area (Å²) in [7, 11) is 0. The molecule has 0 fully saturated rings. The van der Waals surface area contributed by atoms with Crippen molar-refractivity contribution >= 4 is 0 Å². The summed E-state index contributed by atoms with van der Waals surface area (Å²) in [6, 6.07) is 5.01. The lowest BCUT2D eigenvalue weighted by atomic mass is 9.94. The van der Waals surface area contributed by atoms with Crippen LogP contribution in [0.15, 0.2) is 18.2 Å². The van der Waals surface area contributed by atoms with Crippen LogP contribution in [0.5, 0.6) is 11.5 Å². The minimum Gasteiger partial charge on any atom is -0.395 e. The summed E-state index contributed by atoms with van der Waals surface area (Å²) in [6.45, 7) is 4.15. The van der Waals surface area contributed by atoms with Gasteiger partial charge in [0.2, 0.25) is 0 Å². The Kier molecular flexibility index (Phi) is 2.74. The van der Waals surface area contributed by atoms with Gasteiger partial charge in [0.15, 0.2) is 11.5 Å². The molecule has 0 aromatic heterocycles. The van der Waals surface area contributed by atoms with E-state index in [4.69, 9.17) is 0 Å². The molecule has 2 rings (SSSR count). The van der Waals surface area contributed by atoms with E-state index in [0.717, 1.165) is 18.4 Å². The van der Waals surface area contributed by atoms with E-state index >= 15 is 0 Å². The largest absolute Gasteiger partial charge is 0.586 e. The molecule has 1 heterocycles. The van der Waals surface area contributed by atoms with E-state index in [1.54, 1.807) is 12.1 Å². The van der Waals surface area contributed by atoms with E-state index in [1.807, 2.05) is 6.07 Å². The third-order valence-electron chi connectivity index (χ3n) is 2.88. The Balaban J connectivity index is 2.28. The first-order valence-corrected chi connectivity index (χ1v) is 5.45. The van der Waals surface area contributed by atoms with Crippen LogP contribution in [0.25, 0.3) is 0 Å². The summed E-state index contributed by atoms with van der Waals surface area (Å²) in [5.74, 6) is 0.622. The van der Waals surface area contributed by atoms with Gasteiger partial charge in [-0.3, -0.25) is 0 Å². The average molecular weight is 228 g/mol. The topological polar surface area (TPSA) is 18.5 Å². The van der Waals surface area contributed by atoms with Crippen molar-refractivity contribution in [2.24, 2.45) is 0 Å². The molecule has 0 bridgehead atoms. The zero-order valence-electron chi connectivity index (χ0n) is 9.30. The predicted molar refractivity (Wildman–Crippen MR) is 56.0 cm³/mol. The molecule has 0 saturated heterocycles. The van der Waals surface area contributed by atoms with Gasteiger partial charge in [0.05, 0.1) is 0 Å². The van der Waals surface area contributed by atoms with E-state index in [2.05, 4.69) is 23.3 Å². The molecule has 0 atom stereocenters. The highest BCUT2D eigenvalue weighted by Gasteiger charge is 2.43. The molecule has 0 unspecified atom stereocenters. The van der Waals surface area contributed by atoms with E-state index in [1.165, 1.54) is 0 Å². The van der Waals surface area contributed by atoms with Crippen molar-refractivity contribution in [3.05, 3.63) is 23.8 Å². The first kappa shape index (κ1) is 11.2. The number of halogens is 2. The summed E-state index contributed by atoms with van der Waals surface area (Å²) in [5.41, 5.74) is 1.02.